The van der Waals surface area contributed by atoms with Gasteiger partial charge < -0.3 is 5.11 Å². The molecule has 19 heavy (non-hydrogen) atoms. The van der Waals surface area contributed by atoms with E-state index in [-0.39, 0.29) is 5.75 Å². The van der Waals surface area contributed by atoms with E-state index in [0.717, 1.165) is 11.1 Å². The number of aromatic hydroxyl groups is 1. The molecule has 0 spiro atoms. The number of hydrogen-bond acceptors (Lipinski definition) is 4. The second-order valence-electron chi connectivity index (χ2n) is 4.15. The van der Waals surface area contributed by atoms with Crippen molar-refractivity contribution in [3.8, 4) is 17.1 Å². The van der Waals surface area contributed by atoms with Gasteiger partial charge in [-0.05, 0) is 16.5 Å². The van der Waals surface area contributed by atoms with Gasteiger partial charge in [0.1, 0.15) is 5.75 Å². The lowest BCUT2D eigenvalue weighted by molar-refractivity contribution is 0.463. The van der Waals surface area contributed by atoms with Crippen LogP contribution >= 0.6 is 0 Å². The van der Waals surface area contributed by atoms with Gasteiger partial charge in [0.25, 0.3) is 0 Å². The number of hydrogen-bond donors (Lipinski definition) is 1. The molecule has 0 radical (unpaired) electrons. The number of aromatic nitrogens is 4. The molecule has 0 amide bonds. The Hall–Kier alpha value is -2.69. The molecule has 5 nitrogen and oxygen atoms in total. The molecule has 0 bridgehead atoms. The average Bonchev–Trinajstić information content (AvgIpc) is 2.91. The first-order valence-corrected chi connectivity index (χ1v) is 5.93. The van der Waals surface area contributed by atoms with Crippen LogP contribution in [0.4, 0.5) is 0 Å². The van der Waals surface area contributed by atoms with E-state index in [1.807, 2.05) is 42.5 Å². The van der Waals surface area contributed by atoms with Crippen LogP contribution in [0, 0.1) is 0 Å². The average molecular weight is 252 g/mol. The minimum Gasteiger partial charge on any atom is -0.508 e. The summed E-state index contributed by atoms with van der Waals surface area (Å²) < 4.78 is 1.67. The number of rotatable bonds is 3. The molecule has 0 saturated heterocycles. The lowest BCUT2D eigenvalue weighted by atomic mass is 10.2. The van der Waals surface area contributed by atoms with Crippen molar-refractivity contribution in [3.05, 3.63) is 60.2 Å². The predicted molar refractivity (Wildman–Crippen MR) is 70.5 cm³/mol. The molecule has 3 rings (SSSR count). The Labute approximate surface area is 110 Å². The minimum atomic E-state index is 0.247. The molecule has 2 aromatic carbocycles. The fourth-order valence-electron chi connectivity index (χ4n) is 1.91. The Morgan fingerprint density at radius 1 is 0.947 bits per heavy atom. The van der Waals surface area contributed by atoms with Crippen LogP contribution in [0.1, 0.15) is 5.56 Å². The SMILES string of the molecule is Oc1ccccc1Cn1nnnc1-c1ccccc1. The summed E-state index contributed by atoms with van der Waals surface area (Å²) in [5.74, 6) is 0.931. The third kappa shape index (κ3) is 2.30. The standard InChI is InChI=1S/C14H12N4O/c19-13-9-5-4-8-12(13)10-18-14(15-16-17-18)11-6-2-1-3-7-11/h1-9,19H,10H2. The predicted octanol–water partition coefficient (Wildman–Crippen LogP) is 2.09. The van der Waals surface area contributed by atoms with Crippen LogP contribution in [0.2, 0.25) is 0 Å². The van der Waals surface area contributed by atoms with Crippen LogP contribution < -0.4 is 0 Å². The second-order valence-corrected chi connectivity index (χ2v) is 4.15. The van der Waals surface area contributed by atoms with E-state index in [1.54, 1.807) is 16.8 Å². The lowest BCUT2D eigenvalue weighted by Gasteiger charge is -2.06. The fourth-order valence-corrected chi connectivity index (χ4v) is 1.91. The van der Waals surface area contributed by atoms with Crippen molar-refractivity contribution in [1.82, 2.24) is 20.2 Å². The van der Waals surface area contributed by atoms with Gasteiger partial charge in [0.2, 0.25) is 0 Å². The molecule has 0 aliphatic carbocycles. The maximum absolute atomic E-state index is 9.79. The molecule has 0 aliphatic rings. The van der Waals surface area contributed by atoms with Gasteiger partial charge in [0, 0.05) is 11.1 Å². The Morgan fingerprint density at radius 3 is 2.47 bits per heavy atom. The summed E-state index contributed by atoms with van der Waals surface area (Å²) in [6, 6.07) is 16.9. The van der Waals surface area contributed by atoms with Crippen LogP contribution in [0.25, 0.3) is 11.4 Å². The normalized spacial score (nSPS) is 10.5. The highest BCUT2D eigenvalue weighted by atomic mass is 16.3. The van der Waals surface area contributed by atoms with Gasteiger partial charge in [-0.15, -0.1) is 5.10 Å². The van der Waals surface area contributed by atoms with Gasteiger partial charge in [-0.25, -0.2) is 4.68 Å². The van der Waals surface area contributed by atoms with Crippen LogP contribution in [0.15, 0.2) is 54.6 Å². The van der Waals surface area contributed by atoms with Crippen molar-refractivity contribution in [2.24, 2.45) is 0 Å². The van der Waals surface area contributed by atoms with Gasteiger partial charge in [0.05, 0.1) is 6.54 Å². The largest absolute Gasteiger partial charge is 0.508 e. The zero-order chi connectivity index (χ0) is 13.1. The van der Waals surface area contributed by atoms with E-state index < -0.39 is 0 Å². The van der Waals surface area contributed by atoms with Gasteiger partial charge >= 0.3 is 0 Å². The summed E-state index contributed by atoms with van der Waals surface area (Å²) in [6.07, 6.45) is 0. The molecule has 0 unspecified atom stereocenters. The van der Waals surface area contributed by atoms with E-state index in [1.165, 1.54) is 0 Å². The molecule has 1 N–H and O–H groups in total. The topological polar surface area (TPSA) is 63.8 Å². The highest BCUT2D eigenvalue weighted by Crippen LogP contribution is 2.20. The van der Waals surface area contributed by atoms with Gasteiger partial charge in [-0.2, -0.15) is 0 Å². The van der Waals surface area contributed by atoms with Crippen molar-refractivity contribution in [2.75, 3.05) is 0 Å². The minimum absolute atomic E-state index is 0.247. The Morgan fingerprint density at radius 2 is 1.68 bits per heavy atom. The number of tetrazole rings is 1. The molecular formula is C14H12N4O. The smallest absolute Gasteiger partial charge is 0.182 e. The molecule has 94 valence electrons. The molecule has 0 fully saturated rings. The quantitative estimate of drug-likeness (QED) is 0.775. The monoisotopic (exact) mass is 252 g/mol. The fraction of sp³-hybridized carbons (Fsp3) is 0.0714. The molecule has 0 aliphatic heterocycles. The highest BCUT2D eigenvalue weighted by Gasteiger charge is 2.10. The van der Waals surface area contributed by atoms with Crippen molar-refractivity contribution in [2.45, 2.75) is 6.54 Å². The number of phenols is 1. The van der Waals surface area contributed by atoms with E-state index in [9.17, 15) is 5.11 Å². The third-order valence-electron chi connectivity index (χ3n) is 2.88. The summed E-state index contributed by atoms with van der Waals surface area (Å²) in [6.45, 7) is 0.434. The zero-order valence-corrected chi connectivity index (χ0v) is 10.1. The summed E-state index contributed by atoms with van der Waals surface area (Å²) in [4.78, 5) is 0. The van der Waals surface area contributed by atoms with Gasteiger partial charge in [0.15, 0.2) is 5.82 Å². The second kappa shape index (κ2) is 4.89. The zero-order valence-electron chi connectivity index (χ0n) is 10.1. The van der Waals surface area contributed by atoms with Crippen LogP contribution in [0.5, 0.6) is 5.75 Å². The first kappa shape index (κ1) is 11.4. The number of phenolic OH excluding ortho intramolecular Hbond substituents is 1. The van der Waals surface area contributed by atoms with E-state index in [4.69, 9.17) is 0 Å². The first-order chi connectivity index (χ1) is 9.34. The molecular weight excluding hydrogens is 240 g/mol. The van der Waals surface area contributed by atoms with Gasteiger partial charge in [-0.3, -0.25) is 0 Å². The van der Waals surface area contributed by atoms with Crippen molar-refractivity contribution in [3.63, 3.8) is 0 Å². The van der Waals surface area contributed by atoms with Crippen molar-refractivity contribution < 1.29 is 5.11 Å². The van der Waals surface area contributed by atoms with E-state index in [2.05, 4.69) is 15.5 Å². The maximum Gasteiger partial charge on any atom is 0.182 e. The molecule has 0 atom stereocenters. The lowest BCUT2D eigenvalue weighted by Crippen LogP contribution is -2.04. The Balaban J connectivity index is 1.96. The van der Waals surface area contributed by atoms with Crippen LogP contribution in [-0.4, -0.2) is 25.3 Å². The summed E-state index contributed by atoms with van der Waals surface area (Å²) in [5.41, 5.74) is 1.73. The summed E-state index contributed by atoms with van der Waals surface area (Å²) in [7, 11) is 0. The highest BCUT2D eigenvalue weighted by molar-refractivity contribution is 5.54. The van der Waals surface area contributed by atoms with Gasteiger partial charge in [-0.1, -0.05) is 48.5 Å². The summed E-state index contributed by atoms with van der Waals surface area (Å²) in [5, 5.41) is 21.5. The van der Waals surface area contributed by atoms with Crippen molar-refractivity contribution >= 4 is 0 Å². The van der Waals surface area contributed by atoms with Crippen LogP contribution in [-0.2, 0) is 6.54 Å². The third-order valence-corrected chi connectivity index (χ3v) is 2.88. The van der Waals surface area contributed by atoms with E-state index >= 15 is 0 Å². The Bertz CT molecular complexity index is 679. The molecule has 1 heterocycles. The van der Waals surface area contributed by atoms with Crippen LogP contribution in [0.3, 0.4) is 0 Å². The molecule has 1 aromatic heterocycles. The van der Waals surface area contributed by atoms with E-state index in [0.29, 0.717) is 12.4 Å². The number of nitrogens with zero attached hydrogens (tertiary/aromatic N) is 4. The first-order valence-electron chi connectivity index (χ1n) is 5.93. The summed E-state index contributed by atoms with van der Waals surface area (Å²) >= 11 is 0. The molecule has 5 heteroatoms. The van der Waals surface area contributed by atoms with Crippen molar-refractivity contribution in [1.29, 1.82) is 0 Å². The number of benzene rings is 2. The Kier molecular flexibility index (Phi) is 2.94. The maximum atomic E-state index is 9.79. The molecule has 3 aromatic rings. The number of para-hydroxylation sites is 1. The molecule has 0 saturated carbocycles.